The molecule has 0 saturated carbocycles. The smallest absolute Gasteiger partial charge is 0.243 e. The number of piperazine rings is 1. The second kappa shape index (κ2) is 11.2. The van der Waals surface area contributed by atoms with E-state index in [0.717, 1.165) is 0 Å². The quantitative estimate of drug-likeness (QED) is 0.702. The number of nitrogens with two attached hydrogens (primary N) is 1. The summed E-state index contributed by atoms with van der Waals surface area (Å²) in [6.45, 7) is 6.34. The molecule has 0 radical (unpaired) electrons. The Labute approximate surface area is 174 Å². The molecule has 7 nitrogen and oxygen atoms in total. The van der Waals surface area contributed by atoms with Gasteiger partial charge in [0.2, 0.25) is 15.9 Å². The molecule has 1 saturated heterocycles. The molecule has 1 aliphatic heterocycles. The van der Waals surface area contributed by atoms with Crippen LogP contribution in [0.3, 0.4) is 0 Å². The van der Waals surface area contributed by atoms with Gasteiger partial charge in [-0.05, 0) is 37.6 Å². The van der Waals surface area contributed by atoms with E-state index in [2.05, 4.69) is 10.2 Å². The van der Waals surface area contributed by atoms with Crippen LogP contribution in [0.15, 0.2) is 29.2 Å². The highest BCUT2D eigenvalue weighted by Crippen LogP contribution is 2.21. The molecule has 0 unspecified atom stereocenters. The Balaban J connectivity index is 0.00000338. The number of sulfonamides is 1. The molecule has 1 aliphatic rings. The summed E-state index contributed by atoms with van der Waals surface area (Å²) in [4.78, 5) is 14.4. The Bertz CT molecular complexity index is 708. The van der Waals surface area contributed by atoms with Gasteiger partial charge in [0.05, 0.1) is 10.9 Å². The first-order chi connectivity index (χ1) is 11.7. The number of nitrogens with one attached hydrogen (secondary N) is 1. The molecule has 0 aliphatic carbocycles. The van der Waals surface area contributed by atoms with E-state index >= 15 is 0 Å². The van der Waals surface area contributed by atoms with Crippen molar-refractivity contribution in [2.24, 2.45) is 11.7 Å². The molecule has 1 atom stereocenters. The number of hydrogen-bond acceptors (Lipinski definition) is 5. The molecule has 0 spiro atoms. The Morgan fingerprint density at radius 2 is 1.78 bits per heavy atom. The number of hydrogen-bond donors (Lipinski definition) is 2. The summed E-state index contributed by atoms with van der Waals surface area (Å²) in [5.41, 5.74) is 6.32. The summed E-state index contributed by atoms with van der Waals surface area (Å²) in [7, 11) is -1.59. The van der Waals surface area contributed by atoms with Crippen molar-refractivity contribution in [2.75, 3.05) is 38.5 Å². The minimum Gasteiger partial charge on any atom is -0.325 e. The molecule has 1 fully saturated rings. The SMILES string of the molecule is CC(C)C[C@H](N)C(=O)Nc1cccc(S(=O)(=O)N2CCN(C)CC2)c1.Cl.Cl. The number of rotatable bonds is 6. The zero-order valence-electron chi connectivity index (χ0n) is 15.9. The second-order valence-corrected chi connectivity index (χ2v) is 8.90. The number of carbonyl (C=O) groups excluding carboxylic acids is 1. The summed E-state index contributed by atoms with van der Waals surface area (Å²) >= 11 is 0. The van der Waals surface area contributed by atoms with Crippen LogP contribution in [0.2, 0.25) is 0 Å². The van der Waals surface area contributed by atoms with Crippen molar-refractivity contribution in [1.29, 1.82) is 0 Å². The van der Waals surface area contributed by atoms with Crippen LogP contribution in [-0.4, -0.2) is 62.8 Å². The molecular weight excluding hydrogens is 411 g/mol. The molecule has 2 rings (SSSR count). The summed E-state index contributed by atoms with van der Waals surface area (Å²) in [5, 5.41) is 2.71. The fourth-order valence-corrected chi connectivity index (χ4v) is 4.23. The molecule has 0 aromatic heterocycles. The predicted molar refractivity (Wildman–Crippen MR) is 113 cm³/mol. The zero-order chi connectivity index (χ0) is 18.6. The predicted octanol–water partition coefficient (Wildman–Crippen LogP) is 1.78. The molecule has 1 aromatic rings. The van der Waals surface area contributed by atoms with Gasteiger partial charge in [0.25, 0.3) is 0 Å². The third kappa shape index (κ3) is 7.21. The average Bonchev–Trinajstić information content (AvgIpc) is 2.55. The van der Waals surface area contributed by atoms with Crippen LogP contribution in [0.4, 0.5) is 5.69 Å². The maximum Gasteiger partial charge on any atom is 0.243 e. The van der Waals surface area contributed by atoms with Crippen molar-refractivity contribution < 1.29 is 13.2 Å². The minimum absolute atomic E-state index is 0. The van der Waals surface area contributed by atoms with Gasteiger partial charge in [-0.15, -0.1) is 24.8 Å². The van der Waals surface area contributed by atoms with E-state index in [4.69, 9.17) is 5.73 Å². The van der Waals surface area contributed by atoms with E-state index in [1.54, 1.807) is 18.2 Å². The Kier molecular flexibility index (Phi) is 10.8. The van der Waals surface area contributed by atoms with E-state index in [0.29, 0.717) is 44.2 Å². The normalized spacial score (nSPS) is 16.9. The van der Waals surface area contributed by atoms with Crippen LogP contribution in [0.25, 0.3) is 0 Å². The van der Waals surface area contributed by atoms with Crippen molar-refractivity contribution >= 4 is 46.4 Å². The summed E-state index contributed by atoms with van der Waals surface area (Å²) < 4.78 is 27.0. The maximum absolute atomic E-state index is 12.8. The first-order valence-corrected chi connectivity index (χ1v) is 9.99. The van der Waals surface area contributed by atoms with Crippen LogP contribution >= 0.6 is 24.8 Å². The molecular formula is C17H30Cl2N4O3S. The highest BCUT2D eigenvalue weighted by atomic mass is 35.5. The van der Waals surface area contributed by atoms with E-state index in [9.17, 15) is 13.2 Å². The van der Waals surface area contributed by atoms with Gasteiger partial charge in [-0.25, -0.2) is 8.42 Å². The lowest BCUT2D eigenvalue weighted by molar-refractivity contribution is -0.117. The maximum atomic E-state index is 12.8. The third-order valence-corrected chi connectivity index (χ3v) is 6.16. The molecule has 0 bridgehead atoms. The van der Waals surface area contributed by atoms with Gasteiger partial charge in [0, 0.05) is 31.9 Å². The molecule has 1 aromatic carbocycles. The van der Waals surface area contributed by atoms with E-state index < -0.39 is 16.1 Å². The van der Waals surface area contributed by atoms with Crippen LogP contribution in [-0.2, 0) is 14.8 Å². The van der Waals surface area contributed by atoms with E-state index in [-0.39, 0.29) is 35.6 Å². The average molecular weight is 441 g/mol. The fraction of sp³-hybridized carbons (Fsp3) is 0.588. The lowest BCUT2D eigenvalue weighted by atomic mass is 10.0. The minimum atomic E-state index is -3.56. The van der Waals surface area contributed by atoms with Crippen molar-refractivity contribution in [2.45, 2.75) is 31.2 Å². The van der Waals surface area contributed by atoms with Gasteiger partial charge >= 0.3 is 0 Å². The van der Waals surface area contributed by atoms with Gasteiger partial charge in [0.15, 0.2) is 0 Å². The Morgan fingerprint density at radius 1 is 1.19 bits per heavy atom. The number of nitrogens with zero attached hydrogens (tertiary/aromatic N) is 2. The number of halogens is 2. The number of anilines is 1. The molecule has 10 heteroatoms. The van der Waals surface area contributed by atoms with Gasteiger partial charge in [-0.1, -0.05) is 19.9 Å². The van der Waals surface area contributed by atoms with Crippen LogP contribution in [0.1, 0.15) is 20.3 Å². The highest BCUT2D eigenvalue weighted by molar-refractivity contribution is 7.89. The Morgan fingerprint density at radius 3 is 2.33 bits per heavy atom. The lowest BCUT2D eigenvalue weighted by Crippen LogP contribution is -2.47. The third-order valence-electron chi connectivity index (χ3n) is 4.26. The second-order valence-electron chi connectivity index (χ2n) is 6.96. The van der Waals surface area contributed by atoms with Crippen LogP contribution in [0.5, 0.6) is 0 Å². The number of likely N-dealkylation sites (N-methyl/N-ethyl adjacent to an activating group) is 1. The van der Waals surface area contributed by atoms with Gasteiger partial charge in [-0.3, -0.25) is 4.79 Å². The zero-order valence-corrected chi connectivity index (χ0v) is 18.4. The summed E-state index contributed by atoms with van der Waals surface area (Å²) in [6.07, 6.45) is 0.575. The lowest BCUT2D eigenvalue weighted by Gasteiger charge is -2.31. The van der Waals surface area contributed by atoms with Gasteiger partial charge in [0.1, 0.15) is 0 Å². The number of amides is 1. The molecule has 156 valence electrons. The molecule has 1 heterocycles. The van der Waals surface area contributed by atoms with Crippen LogP contribution < -0.4 is 11.1 Å². The summed E-state index contributed by atoms with van der Waals surface area (Å²) in [5.74, 6) is 0.00698. The van der Waals surface area contributed by atoms with Crippen molar-refractivity contribution in [3.8, 4) is 0 Å². The monoisotopic (exact) mass is 440 g/mol. The van der Waals surface area contributed by atoms with E-state index in [1.807, 2.05) is 20.9 Å². The largest absolute Gasteiger partial charge is 0.325 e. The Hall–Kier alpha value is -0.900. The first kappa shape index (κ1) is 26.1. The highest BCUT2D eigenvalue weighted by Gasteiger charge is 2.27. The first-order valence-electron chi connectivity index (χ1n) is 8.55. The van der Waals surface area contributed by atoms with Crippen molar-refractivity contribution in [1.82, 2.24) is 9.21 Å². The topological polar surface area (TPSA) is 95.7 Å². The molecule has 27 heavy (non-hydrogen) atoms. The van der Waals surface area contributed by atoms with Crippen molar-refractivity contribution in [3.05, 3.63) is 24.3 Å². The standard InChI is InChI=1S/C17H28N4O3S.2ClH/c1-13(2)11-16(18)17(22)19-14-5-4-6-15(12-14)25(23,24)21-9-7-20(3)8-10-21;;/h4-6,12-13,16H,7-11,18H2,1-3H3,(H,19,22);2*1H/t16-;;/m0../s1. The van der Waals surface area contributed by atoms with E-state index in [1.165, 1.54) is 10.4 Å². The van der Waals surface area contributed by atoms with Gasteiger partial charge < -0.3 is 16.0 Å². The fourth-order valence-electron chi connectivity index (χ4n) is 2.76. The van der Waals surface area contributed by atoms with Crippen molar-refractivity contribution in [3.63, 3.8) is 0 Å². The number of benzene rings is 1. The van der Waals surface area contributed by atoms with Crippen LogP contribution in [0, 0.1) is 5.92 Å². The molecule has 1 amide bonds. The number of carbonyl (C=O) groups is 1. The summed E-state index contributed by atoms with van der Waals surface area (Å²) in [6, 6.07) is 5.73. The van der Waals surface area contributed by atoms with Gasteiger partial charge in [-0.2, -0.15) is 4.31 Å². The molecule has 3 N–H and O–H groups in total.